The van der Waals surface area contributed by atoms with Gasteiger partial charge in [0.2, 0.25) is 0 Å². The Labute approximate surface area is 205 Å². The van der Waals surface area contributed by atoms with Gasteiger partial charge < -0.3 is 5.73 Å². The van der Waals surface area contributed by atoms with Crippen LogP contribution in [-0.4, -0.2) is 30.8 Å². The Morgan fingerprint density at radius 1 is 1.06 bits per heavy atom. The summed E-state index contributed by atoms with van der Waals surface area (Å²) >= 11 is 0. The number of carbonyl (C=O) groups excluding carboxylic acids is 1. The van der Waals surface area contributed by atoms with Crippen molar-refractivity contribution in [3.63, 3.8) is 0 Å². The number of ketones is 1. The number of carbonyl (C=O) groups is 1. The van der Waals surface area contributed by atoms with Crippen LogP contribution in [0.4, 0.5) is 4.39 Å². The van der Waals surface area contributed by atoms with Crippen molar-refractivity contribution in [3.05, 3.63) is 100 Å². The largest absolute Gasteiger partial charge is 0.386 e. The highest BCUT2D eigenvalue weighted by Gasteiger charge is 2.53. The second-order valence-electron chi connectivity index (χ2n) is 9.57. The molecule has 2 N–H and O–H groups in total. The molecular formula is C27H28FN3O3S. The van der Waals surface area contributed by atoms with Crippen LogP contribution in [0.2, 0.25) is 0 Å². The second-order valence-corrected chi connectivity index (χ2v) is 11.9. The summed E-state index contributed by atoms with van der Waals surface area (Å²) in [4.78, 5) is 21.4. The minimum atomic E-state index is -3.90. The van der Waals surface area contributed by atoms with Crippen molar-refractivity contribution in [2.75, 3.05) is 5.75 Å². The molecule has 0 aliphatic carbocycles. The van der Waals surface area contributed by atoms with Gasteiger partial charge in [0.15, 0.2) is 20.4 Å². The summed E-state index contributed by atoms with van der Waals surface area (Å²) < 4.78 is 40.8. The molecule has 2 atom stereocenters. The van der Waals surface area contributed by atoms with E-state index in [0.717, 1.165) is 11.1 Å². The molecule has 0 saturated heterocycles. The second kappa shape index (κ2) is 8.68. The van der Waals surface area contributed by atoms with Crippen LogP contribution in [0.25, 0.3) is 0 Å². The molecule has 1 aliphatic rings. The normalized spacial score (nSPS) is 23.5. The molecule has 0 unspecified atom stereocenters. The van der Waals surface area contributed by atoms with Crippen molar-refractivity contribution in [3.8, 4) is 0 Å². The number of hydrogen-bond donors (Lipinski definition) is 1. The number of amidine groups is 1. The van der Waals surface area contributed by atoms with E-state index in [2.05, 4.69) is 9.98 Å². The molecule has 182 valence electrons. The van der Waals surface area contributed by atoms with Crippen LogP contribution in [0.1, 0.15) is 52.2 Å². The van der Waals surface area contributed by atoms with E-state index in [0.29, 0.717) is 16.8 Å². The Balaban J connectivity index is 1.74. The van der Waals surface area contributed by atoms with Gasteiger partial charge in [-0.15, -0.1) is 0 Å². The molecule has 0 radical (unpaired) electrons. The summed E-state index contributed by atoms with van der Waals surface area (Å²) in [5, 5.41) is 0. The summed E-state index contributed by atoms with van der Waals surface area (Å²) in [6, 6.07) is 14.8. The third-order valence-electron chi connectivity index (χ3n) is 6.69. The molecule has 2 heterocycles. The number of aliphatic imine (C=N–C) groups is 1. The number of rotatable bonds is 5. The zero-order chi connectivity index (χ0) is 25.6. The van der Waals surface area contributed by atoms with Crippen LogP contribution in [0.3, 0.4) is 0 Å². The number of aromatic nitrogens is 1. The number of hydrogen-bond acceptors (Lipinski definition) is 6. The number of nitrogens with zero attached hydrogens (tertiary/aromatic N) is 2. The molecule has 0 fully saturated rings. The highest BCUT2D eigenvalue weighted by atomic mass is 32.2. The Kier molecular flexibility index (Phi) is 6.13. The number of benzene rings is 2. The lowest BCUT2D eigenvalue weighted by atomic mass is 9.89. The Morgan fingerprint density at radius 2 is 1.80 bits per heavy atom. The van der Waals surface area contributed by atoms with Crippen molar-refractivity contribution < 1.29 is 17.6 Å². The third-order valence-corrected chi connectivity index (χ3v) is 9.32. The van der Waals surface area contributed by atoms with Gasteiger partial charge in [-0.05, 0) is 62.6 Å². The monoisotopic (exact) mass is 493 g/mol. The van der Waals surface area contributed by atoms with E-state index in [9.17, 15) is 13.2 Å². The van der Waals surface area contributed by atoms with E-state index in [4.69, 9.17) is 5.73 Å². The van der Waals surface area contributed by atoms with E-state index in [1.54, 1.807) is 43.5 Å². The fourth-order valence-electron chi connectivity index (χ4n) is 4.49. The minimum absolute atomic E-state index is 0.00756. The Hall–Kier alpha value is -3.39. The maximum absolute atomic E-state index is 15.0. The molecule has 8 heteroatoms. The van der Waals surface area contributed by atoms with Gasteiger partial charge in [-0.25, -0.2) is 12.8 Å². The predicted octanol–water partition coefficient (Wildman–Crippen LogP) is 4.18. The SMILES string of the molecule is Cc1ccc(C(=O)Cc2ccc(F)c([C@]3(C)CS(=O)(=O)[C@](C)(c4cccc(C)c4)C(N)=N3)c2)nc1. The Morgan fingerprint density at radius 3 is 2.43 bits per heavy atom. The summed E-state index contributed by atoms with van der Waals surface area (Å²) in [6.07, 6.45) is 1.60. The molecule has 1 aromatic heterocycles. The molecule has 6 nitrogen and oxygen atoms in total. The molecule has 35 heavy (non-hydrogen) atoms. The van der Waals surface area contributed by atoms with Crippen LogP contribution >= 0.6 is 0 Å². The van der Waals surface area contributed by atoms with Crippen LogP contribution in [-0.2, 0) is 26.5 Å². The maximum Gasteiger partial charge on any atom is 0.185 e. The van der Waals surface area contributed by atoms with Crippen molar-refractivity contribution in [2.45, 2.75) is 44.4 Å². The number of halogens is 1. The van der Waals surface area contributed by atoms with E-state index < -0.39 is 31.7 Å². The fourth-order valence-corrected chi connectivity index (χ4v) is 6.59. The van der Waals surface area contributed by atoms with Gasteiger partial charge >= 0.3 is 0 Å². The van der Waals surface area contributed by atoms with Crippen molar-refractivity contribution in [1.82, 2.24) is 4.98 Å². The summed E-state index contributed by atoms with van der Waals surface area (Å²) in [6.45, 7) is 6.84. The first-order valence-corrected chi connectivity index (χ1v) is 12.9. The molecular weight excluding hydrogens is 465 g/mol. The molecule has 3 aromatic rings. The number of aryl methyl sites for hydroxylation is 2. The first-order valence-electron chi connectivity index (χ1n) is 11.3. The number of sulfone groups is 1. The van der Waals surface area contributed by atoms with Crippen LogP contribution in [0.15, 0.2) is 65.8 Å². The minimum Gasteiger partial charge on any atom is -0.386 e. The number of Topliss-reactive ketones (excluding diaryl/α,β-unsaturated/α-hetero) is 1. The first-order chi connectivity index (χ1) is 16.4. The third kappa shape index (κ3) is 4.38. The van der Waals surface area contributed by atoms with Gasteiger partial charge in [-0.2, -0.15) is 0 Å². The highest BCUT2D eigenvalue weighted by molar-refractivity contribution is 7.93. The van der Waals surface area contributed by atoms with Gasteiger partial charge in [0, 0.05) is 18.2 Å². The molecule has 0 amide bonds. The smallest absolute Gasteiger partial charge is 0.185 e. The molecule has 0 saturated carbocycles. The van der Waals surface area contributed by atoms with Crippen LogP contribution < -0.4 is 5.73 Å². The van der Waals surface area contributed by atoms with Gasteiger partial charge in [0.1, 0.15) is 22.9 Å². The molecule has 0 bridgehead atoms. The zero-order valence-electron chi connectivity index (χ0n) is 20.2. The van der Waals surface area contributed by atoms with Gasteiger partial charge in [0.05, 0.1) is 5.75 Å². The van der Waals surface area contributed by atoms with Crippen molar-refractivity contribution in [1.29, 1.82) is 0 Å². The molecule has 4 rings (SSSR count). The summed E-state index contributed by atoms with van der Waals surface area (Å²) in [5.41, 5.74) is 8.16. The van der Waals surface area contributed by atoms with E-state index in [1.807, 2.05) is 19.9 Å². The Bertz CT molecular complexity index is 1450. The van der Waals surface area contributed by atoms with E-state index in [1.165, 1.54) is 25.1 Å². The average Bonchev–Trinajstić information content (AvgIpc) is 2.78. The van der Waals surface area contributed by atoms with Crippen molar-refractivity contribution in [2.24, 2.45) is 10.7 Å². The summed E-state index contributed by atoms with van der Waals surface area (Å²) in [7, 11) is -3.90. The van der Waals surface area contributed by atoms with Gasteiger partial charge in [-0.3, -0.25) is 14.8 Å². The zero-order valence-corrected chi connectivity index (χ0v) is 21.0. The molecule has 1 aliphatic heterocycles. The van der Waals surface area contributed by atoms with E-state index in [-0.39, 0.29) is 23.6 Å². The first kappa shape index (κ1) is 24.7. The van der Waals surface area contributed by atoms with Gasteiger partial charge in [-0.1, -0.05) is 42.0 Å². The maximum atomic E-state index is 15.0. The lowest BCUT2D eigenvalue weighted by molar-refractivity contribution is 0.0988. The lowest BCUT2D eigenvalue weighted by Gasteiger charge is -2.40. The quantitative estimate of drug-likeness (QED) is 0.537. The molecule has 0 spiro atoms. The standard InChI is InChI=1S/C27H28FN3O3S/c1-17-6-5-7-20(12-17)27(4)25(29)31-26(3,16-35(27,33)34)21-13-19(9-10-22(21)28)14-24(32)23-11-8-18(2)15-30-23/h5-13,15H,14,16H2,1-4H3,(H2,29,31)/t26-,27+/m0/s1. The number of pyridine rings is 1. The predicted molar refractivity (Wildman–Crippen MR) is 135 cm³/mol. The topological polar surface area (TPSA) is 102 Å². The van der Waals surface area contributed by atoms with Gasteiger partial charge in [0.25, 0.3) is 0 Å². The lowest BCUT2D eigenvalue weighted by Crippen LogP contribution is -2.54. The molecule has 2 aromatic carbocycles. The van der Waals surface area contributed by atoms with E-state index >= 15 is 4.39 Å². The average molecular weight is 494 g/mol. The van der Waals surface area contributed by atoms with Crippen LogP contribution in [0, 0.1) is 19.7 Å². The van der Waals surface area contributed by atoms with Crippen LogP contribution in [0.5, 0.6) is 0 Å². The fraction of sp³-hybridized carbons (Fsp3) is 0.296. The van der Waals surface area contributed by atoms with Crippen molar-refractivity contribution >= 4 is 21.5 Å². The summed E-state index contributed by atoms with van der Waals surface area (Å²) in [5.74, 6) is -1.36. The highest BCUT2D eigenvalue weighted by Crippen LogP contribution is 2.43. The number of nitrogens with two attached hydrogens (primary N) is 1.